The number of benzene rings is 2. The van der Waals surface area contributed by atoms with Gasteiger partial charge in [0, 0.05) is 22.4 Å². The molecule has 0 aliphatic rings. The zero-order valence-corrected chi connectivity index (χ0v) is 15.3. The number of alkyl halides is 3. The minimum atomic E-state index is -4.62. The average molecular weight is 451 g/mol. The lowest BCUT2D eigenvalue weighted by Crippen LogP contribution is -2.33. The number of amides is 2. The van der Waals surface area contributed by atoms with Gasteiger partial charge in [-0.3, -0.25) is 9.59 Å². The molecule has 0 aliphatic carbocycles. The Bertz CT molecular complexity index is 900. The van der Waals surface area contributed by atoms with Crippen LogP contribution in [0.2, 0.25) is 0 Å². The van der Waals surface area contributed by atoms with Crippen LogP contribution in [-0.2, 0) is 0 Å². The lowest BCUT2D eigenvalue weighted by atomic mass is 10.1. The van der Waals surface area contributed by atoms with Crippen LogP contribution in [0.5, 0.6) is 0 Å². The third-order valence-corrected chi connectivity index (χ3v) is 4.13. The molecule has 0 saturated heterocycles. The maximum atomic E-state index is 14.0. The van der Waals surface area contributed by atoms with Crippen LogP contribution in [0.3, 0.4) is 0 Å². The van der Waals surface area contributed by atoms with Crippen molar-refractivity contribution in [2.45, 2.75) is 13.1 Å². The Morgan fingerprint density at radius 1 is 1.00 bits per heavy atom. The number of rotatable bonds is 4. The van der Waals surface area contributed by atoms with E-state index in [1.807, 2.05) is 0 Å². The van der Waals surface area contributed by atoms with Crippen LogP contribution in [0.4, 0.5) is 27.6 Å². The fourth-order valence-corrected chi connectivity index (χ4v) is 2.30. The predicted octanol–water partition coefficient (Wildman–Crippen LogP) is 4.58. The van der Waals surface area contributed by atoms with E-state index in [1.165, 1.54) is 19.1 Å². The number of nitrogens with one attached hydrogen (secondary N) is 2. The number of hydrogen-bond donors (Lipinski definition) is 2. The molecule has 0 aromatic heterocycles. The van der Waals surface area contributed by atoms with E-state index in [-0.39, 0.29) is 21.3 Å². The molecule has 0 atom stereocenters. The molecule has 0 fully saturated rings. The quantitative estimate of drug-likeness (QED) is 0.669. The van der Waals surface area contributed by atoms with Crippen molar-refractivity contribution in [1.29, 1.82) is 0 Å². The second-order valence-electron chi connectivity index (χ2n) is 5.51. The molecule has 0 aliphatic heterocycles. The Balaban J connectivity index is 2.25. The molecule has 144 valence electrons. The first-order valence-electron chi connectivity index (χ1n) is 7.39. The van der Waals surface area contributed by atoms with E-state index >= 15 is 0 Å². The molecule has 2 aromatic rings. The maximum Gasteiger partial charge on any atom is 0.405 e. The fourth-order valence-electron chi connectivity index (χ4n) is 2.05. The van der Waals surface area contributed by atoms with Crippen LogP contribution in [-0.4, -0.2) is 24.5 Å². The molecular weight excluding hydrogens is 439 g/mol. The van der Waals surface area contributed by atoms with E-state index in [2.05, 4.69) is 21.2 Å². The zero-order valence-electron chi connectivity index (χ0n) is 13.7. The smallest absolute Gasteiger partial charge is 0.343 e. The highest BCUT2D eigenvalue weighted by atomic mass is 79.9. The van der Waals surface area contributed by atoms with Gasteiger partial charge >= 0.3 is 6.18 Å². The van der Waals surface area contributed by atoms with E-state index in [9.17, 15) is 31.5 Å². The summed E-state index contributed by atoms with van der Waals surface area (Å²) in [6, 6.07) is 5.37. The van der Waals surface area contributed by atoms with Crippen LogP contribution in [0.25, 0.3) is 0 Å². The van der Waals surface area contributed by atoms with E-state index in [0.717, 1.165) is 18.2 Å². The van der Waals surface area contributed by atoms with Gasteiger partial charge in [0.2, 0.25) is 0 Å². The Morgan fingerprint density at radius 2 is 1.63 bits per heavy atom. The first kappa shape index (κ1) is 20.8. The highest BCUT2D eigenvalue weighted by Crippen LogP contribution is 2.23. The maximum absolute atomic E-state index is 14.0. The Labute approximate surface area is 158 Å². The summed E-state index contributed by atoms with van der Waals surface area (Å²) in [5.74, 6) is -3.52. The molecule has 0 spiro atoms. The monoisotopic (exact) mass is 450 g/mol. The molecule has 0 radical (unpaired) electrons. The van der Waals surface area contributed by atoms with Gasteiger partial charge in [-0.2, -0.15) is 13.2 Å². The van der Waals surface area contributed by atoms with Crippen molar-refractivity contribution in [3.8, 4) is 0 Å². The summed E-state index contributed by atoms with van der Waals surface area (Å²) in [6.07, 6.45) is -4.62. The van der Waals surface area contributed by atoms with Crippen molar-refractivity contribution < 1.29 is 31.5 Å². The molecule has 2 aromatic carbocycles. The standard InChI is InChI=1S/C17H12BrF5N2O2/c1-8-12(19)5-10(15(26)24-7-17(21,22)23)6-14(8)25-16(27)9-2-3-11(18)13(20)4-9/h2-6H,7H2,1H3,(H,24,26)(H,25,27). The molecule has 0 bridgehead atoms. The van der Waals surface area contributed by atoms with Gasteiger partial charge in [0.15, 0.2) is 0 Å². The fraction of sp³-hybridized carbons (Fsp3) is 0.176. The summed E-state index contributed by atoms with van der Waals surface area (Å²) >= 11 is 2.94. The van der Waals surface area contributed by atoms with Crippen LogP contribution < -0.4 is 10.6 Å². The van der Waals surface area contributed by atoms with Crippen molar-refractivity contribution >= 4 is 33.4 Å². The highest BCUT2D eigenvalue weighted by molar-refractivity contribution is 9.10. The van der Waals surface area contributed by atoms with Gasteiger partial charge in [-0.05, 0) is 53.2 Å². The first-order valence-corrected chi connectivity index (χ1v) is 8.18. The first-order chi connectivity index (χ1) is 12.5. The van der Waals surface area contributed by atoms with E-state index in [0.29, 0.717) is 0 Å². The van der Waals surface area contributed by atoms with Gasteiger partial charge in [-0.1, -0.05) is 0 Å². The number of anilines is 1. The van der Waals surface area contributed by atoms with Gasteiger partial charge in [0.1, 0.15) is 18.2 Å². The number of carbonyl (C=O) groups is 2. The Morgan fingerprint density at radius 3 is 2.22 bits per heavy atom. The second kappa shape index (κ2) is 8.03. The molecular formula is C17H12BrF5N2O2. The van der Waals surface area contributed by atoms with Crippen LogP contribution >= 0.6 is 15.9 Å². The normalized spacial score (nSPS) is 11.2. The van der Waals surface area contributed by atoms with Gasteiger partial charge < -0.3 is 10.6 Å². The van der Waals surface area contributed by atoms with Gasteiger partial charge in [0.05, 0.1) is 4.47 Å². The van der Waals surface area contributed by atoms with Gasteiger partial charge in [-0.25, -0.2) is 8.78 Å². The van der Waals surface area contributed by atoms with Crippen molar-refractivity contribution in [2.75, 3.05) is 11.9 Å². The van der Waals surface area contributed by atoms with E-state index < -0.39 is 41.7 Å². The summed E-state index contributed by atoms with van der Waals surface area (Å²) in [5, 5.41) is 3.93. The summed E-state index contributed by atoms with van der Waals surface area (Å²) in [4.78, 5) is 24.0. The minimum Gasteiger partial charge on any atom is -0.343 e. The molecule has 2 N–H and O–H groups in total. The van der Waals surface area contributed by atoms with Crippen LogP contribution in [0.15, 0.2) is 34.8 Å². The van der Waals surface area contributed by atoms with Crippen LogP contribution in [0, 0.1) is 18.6 Å². The number of halogens is 6. The van der Waals surface area contributed by atoms with Crippen molar-refractivity contribution in [1.82, 2.24) is 5.32 Å². The Kier molecular flexibility index (Phi) is 6.19. The SMILES string of the molecule is Cc1c(F)cc(C(=O)NCC(F)(F)F)cc1NC(=O)c1ccc(Br)c(F)c1. The summed E-state index contributed by atoms with van der Waals surface area (Å²) in [5.41, 5.74) is -0.629. The molecule has 4 nitrogen and oxygen atoms in total. The largest absolute Gasteiger partial charge is 0.405 e. The summed E-state index contributed by atoms with van der Waals surface area (Å²) in [7, 11) is 0. The molecule has 0 saturated carbocycles. The van der Waals surface area contributed by atoms with Gasteiger partial charge in [0.25, 0.3) is 11.8 Å². The van der Waals surface area contributed by atoms with E-state index in [1.54, 1.807) is 5.32 Å². The lowest BCUT2D eigenvalue weighted by Gasteiger charge is -2.13. The van der Waals surface area contributed by atoms with Crippen molar-refractivity contribution in [2.24, 2.45) is 0 Å². The molecule has 27 heavy (non-hydrogen) atoms. The molecule has 2 rings (SSSR count). The molecule has 0 unspecified atom stereocenters. The van der Waals surface area contributed by atoms with Gasteiger partial charge in [-0.15, -0.1) is 0 Å². The number of carbonyl (C=O) groups excluding carboxylic acids is 2. The Hall–Kier alpha value is -2.49. The topological polar surface area (TPSA) is 58.2 Å². The second-order valence-corrected chi connectivity index (χ2v) is 6.37. The molecule has 2 amide bonds. The predicted molar refractivity (Wildman–Crippen MR) is 91.6 cm³/mol. The third-order valence-electron chi connectivity index (χ3n) is 3.49. The zero-order chi connectivity index (χ0) is 20.4. The minimum absolute atomic E-state index is 0.0340. The van der Waals surface area contributed by atoms with Crippen molar-refractivity contribution in [3.05, 3.63) is 63.1 Å². The average Bonchev–Trinajstić information content (AvgIpc) is 2.58. The highest BCUT2D eigenvalue weighted by Gasteiger charge is 2.28. The molecule has 0 heterocycles. The lowest BCUT2D eigenvalue weighted by molar-refractivity contribution is -0.123. The van der Waals surface area contributed by atoms with Crippen LogP contribution in [0.1, 0.15) is 26.3 Å². The summed E-state index contributed by atoms with van der Waals surface area (Å²) in [6.45, 7) is -0.272. The molecule has 10 heteroatoms. The van der Waals surface area contributed by atoms with Crippen molar-refractivity contribution in [3.63, 3.8) is 0 Å². The number of hydrogen-bond acceptors (Lipinski definition) is 2. The van der Waals surface area contributed by atoms with E-state index in [4.69, 9.17) is 0 Å². The third kappa shape index (κ3) is 5.49. The summed E-state index contributed by atoms with van der Waals surface area (Å²) < 4.78 is 64.3.